The van der Waals surface area contributed by atoms with E-state index < -0.39 is 12.1 Å². The number of hydrogen-bond donors (Lipinski definition) is 0. The van der Waals surface area contributed by atoms with Crippen LogP contribution in [0.25, 0.3) is 0 Å². The third-order valence-electron chi connectivity index (χ3n) is 3.28. The van der Waals surface area contributed by atoms with Crippen LogP contribution in [0.1, 0.15) is 43.4 Å². The maximum Gasteiger partial charge on any atom is 0.391 e. The van der Waals surface area contributed by atoms with Crippen LogP contribution < -0.4 is 0 Å². The monoisotopic (exact) mass is 282 g/mol. The van der Waals surface area contributed by atoms with Gasteiger partial charge in [0, 0.05) is 18.2 Å². The lowest BCUT2D eigenvalue weighted by Gasteiger charge is -2.28. The minimum Gasteiger partial charge on any atom is -0.425 e. The number of halogens is 4. The van der Waals surface area contributed by atoms with Crippen LogP contribution in [0.3, 0.4) is 0 Å². The first-order valence-corrected chi connectivity index (χ1v) is 6.49. The topological polar surface area (TPSA) is 38.9 Å². The molecule has 2 unspecified atom stereocenters. The summed E-state index contributed by atoms with van der Waals surface area (Å²) in [5.41, 5.74) is 0. The Kier molecular flexibility index (Phi) is 4.14. The Labute approximate surface area is 108 Å². The fourth-order valence-electron chi connectivity index (χ4n) is 2.32. The van der Waals surface area contributed by atoms with Gasteiger partial charge in [-0.1, -0.05) is 6.42 Å². The van der Waals surface area contributed by atoms with Gasteiger partial charge in [-0.05, 0) is 19.3 Å². The van der Waals surface area contributed by atoms with E-state index in [1.807, 2.05) is 0 Å². The molecule has 7 heteroatoms. The molecular formula is C11H14ClF3N2O. The molecule has 0 N–H and O–H groups in total. The maximum atomic E-state index is 12.7. The number of rotatable bonds is 3. The van der Waals surface area contributed by atoms with Crippen molar-refractivity contribution in [3.8, 4) is 0 Å². The van der Waals surface area contributed by atoms with Crippen molar-refractivity contribution in [2.75, 3.05) is 5.88 Å². The fraction of sp³-hybridized carbons (Fsp3) is 0.818. The molecule has 1 aromatic heterocycles. The zero-order valence-corrected chi connectivity index (χ0v) is 10.5. The van der Waals surface area contributed by atoms with Gasteiger partial charge >= 0.3 is 6.18 Å². The van der Waals surface area contributed by atoms with E-state index in [-0.39, 0.29) is 18.8 Å². The first-order chi connectivity index (χ1) is 8.50. The molecule has 0 aromatic carbocycles. The Morgan fingerprint density at radius 1 is 1.28 bits per heavy atom. The number of hydrogen-bond acceptors (Lipinski definition) is 3. The molecular weight excluding hydrogens is 269 g/mol. The van der Waals surface area contributed by atoms with Gasteiger partial charge in [0.1, 0.15) is 0 Å². The van der Waals surface area contributed by atoms with Gasteiger partial charge in [-0.15, -0.1) is 21.8 Å². The van der Waals surface area contributed by atoms with Crippen LogP contribution in [0, 0.1) is 5.92 Å². The SMILES string of the molecule is FC(F)(F)C1CCCC(c2nnc(CCCl)o2)C1. The Morgan fingerprint density at radius 3 is 2.72 bits per heavy atom. The van der Waals surface area contributed by atoms with Gasteiger partial charge in [0.05, 0.1) is 5.92 Å². The van der Waals surface area contributed by atoms with Gasteiger partial charge < -0.3 is 4.42 Å². The molecule has 0 amide bonds. The predicted octanol–water partition coefficient (Wildman–Crippen LogP) is 3.69. The Balaban J connectivity index is 2.03. The molecule has 2 atom stereocenters. The molecule has 1 heterocycles. The first kappa shape index (κ1) is 13.6. The molecule has 0 bridgehead atoms. The highest BCUT2D eigenvalue weighted by molar-refractivity contribution is 6.17. The standard InChI is InChI=1S/C11H14ClF3N2O/c12-5-4-9-16-17-10(18-9)7-2-1-3-8(6-7)11(13,14)15/h7-8H,1-6H2. The molecule has 1 fully saturated rings. The lowest BCUT2D eigenvalue weighted by Crippen LogP contribution is -2.28. The largest absolute Gasteiger partial charge is 0.425 e. The molecule has 102 valence electrons. The highest BCUT2D eigenvalue weighted by atomic mass is 35.5. The number of aryl methyl sites for hydroxylation is 1. The fourth-order valence-corrected chi connectivity index (χ4v) is 2.49. The van der Waals surface area contributed by atoms with Crippen LogP contribution in [0.15, 0.2) is 4.42 Å². The molecule has 1 aliphatic carbocycles. The summed E-state index contributed by atoms with van der Waals surface area (Å²) in [6.07, 6.45) is -2.21. The first-order valence-electron chi connectivity index (χ1n) is 5.95. The second-order valence-electron chi connectivity index (χ2n) is 4.58. The van der Waals surface area contributed by atoms with E-state index in [0.29, 0.717) is 36.9 Å². The normalized spacial score (nSPS) is 25.3. The number of alkyl halides is 4. The van der Waals surface area contributed by atoms with Crippen molar-refractivity contribution in [2.24, 2.45) is 5.92 Å². The van der Waals surface area contributed by atoms with E-state index >= 15 is 0 Å². The van der Waals surface area contributed by atoms with Crippen molar-refractivity contribution >= 4 is 11.6 Å². The Hall–Kier alpha value is -0.780. The molecule has 0 aliphatic heterocycles. The zero-order valence-electron chi connectivity index (χ0n) is 9.71. The van der Waals surface area contributed by atoms with Crippen molar-refractivity contribution in [1.29, 1.82) is 0 Å². The van der Waals surface area contributed by atoms with Crippen molar-refractivity contribution in [2.45, 2.75) is 44.2 Å². The van der Waals surface area contributed by atoms with Gasteiger partial charge in [0.15, 0.2) is 0 Å². The molecule has 2 rings (SSSR count). The molecule has 0 radical (unpaired) electrons. The summed E-state index contributed by atoms with van der Waals surface area (Å²) in [5.74, 6) is -0.447. The Bertz CT molecular complexity index is 394. The van der Waals surface area contributed by atoms with Crippen LogP contribution in [0.5, 0.6) is 0 Å². The zero-order chi connectivity index (χ0) is 13.2. The smallest absolute Gasteiger partial charge is 0.391 e. The summed E-state index contributed by atoms with van der Waals surface area (Å²) in [4.78, 5) is 0. The highest BCUT2D eigenvalue weighted by Crippen LogP contribution is 2.43. The average molecular weight is 283 g/mol. The molecule has 18 heavy (non-hydrogen) atoms. The maximum absolute atomic E-state index is 12.7. The molecule has 0 saturated heterocycles. The summed E-state index contributed by atoms with van der Waals surface area (Å²) in [5, 5.41) is 7.62. The molecule has 1 saturated carbocycles. The van der Waals surface area contributed by atoms with Gasteiger partial charge in [-0.3, -0.25) is 0 Å². The third kappa shape index (κ3) is 3.16. The second kappa shape index (κ2) is 5.47. The number of nitrogens with zero attached hydrogens (tertiary/aromatic N) is 2. The summed E-state index contributed by atoms with van der Waals surface area (Å²) in [7, 11) is 0. The molecule has 1 aliphatic rings. The lowest BCUT2D eigenvalue weighted by atomic mass is 9.81. The van der Waals surface area contributed by atoms with E-state index in [0.717, 1.165) is 0 Å². The van der Waals surface area contributed by atoms with Crippen LogP contribution in [0.4, 0.5) is 13.2 Å². The minimum absolute atomic E-state index is 0.0476. The van der Waals surface area contributed by atoms with E-state index in [1.165, 1.54) is 0 Å². The van der Waals surface area contributed by atoms with Crippen LogP contribution in [-0.2, 0) is 6.42 Å². The predicted molar refractivity (Wildman–Crippen MR) is 59.5 cm³/mol. The summed E-state index contributed by atoms with van der Waals surface area (Å²) in [6.45, 7) is 0. The van der Waals surface area contributed by atoms with Crippen LogP contribution in [0.2, 0.25) is 0 Å². The number of aromatic nitrogens is 2. The van der Waals surface area contributed by atoms with Crippen molar-refractivity contribution < 1.29 is 17.6 Å². The summed E-state index contributed by atoms with van der Waals surface area (Å²) >= 11 is 5.54. The summed E-state index contributed by atoms with van der Waals surface area (Å²) < 4.78 is 43.4. The van der Waals surface area contributed by atoms with Gasteiger partial charge in [-0.25, -0.2) is 0 Å². The van der Waals surface area contributed by atoms with Crippen molar-refractivity contribution in [1.82, 2.24) is 10.2 Å². The van der Waals surface area contributed by atoms with Gasteiger partial charge in [-0.2, -0.15) is 13.2 Å². The second-order valence-corrected chi connectivity index (χ2v) is 4.95. The van der Waals surface area contributed by atoms with Crippen molar-refractivity contribution in [3.63, 3.8) is 0 Å². The van der Waals surface area contributed by atoms with Crippen molar-refractivity contribution in [3.05, 3.63) is 11.8 Å². The van der Waals surface area contributed by atoms with E-state index in [2.05, 4.69) is 10.2 Å². The quantitative estimate of drug-likeness (QED) is 0.794. The van der Waals surface area contributed by atoms with Gasteiger partial charge in [0.2, 0.25) is 11.8 Å². The molecule has 0 spiro atoms. The van der Waals surface area contributed by atoms with E-state index in [9.17, 15) is 13.2 Å². The lowest BCUT2D eigenvalue weighted by molar-refractivity contribution is -0.183. The van der Waals surface area contributed by atoms with Crippen LogP contribution in [-0.4, -0.2) is 22.3 Å². The Morgan fingerprint density at radius 2 is 2.06 bits per heavy atom. The van der Waals surface area contributed by atoms with E-state index in [1.54, 1.807) is 0 Å². The van der Waals surface area contributed by atoms with E-state index in [4.69, 9.17) is 16.0 Å². The minimum atomic E-state index is -4.13. The molecule has 1 aromatic rings. The average Bonchev–Trinajstić information content (AvgIpc) is 2.77. The van der Waals surface area contributed by atoms with Crippen LogP contribution >= 0.6 is 11.6 Å². The third-order valence-corrected chi connectivity index (χ3v) is 3.47. The summed E-state index contributed by atoms with van der Waals surface area (Å²) in [6, 6.07) is 0. The van der Waals surface area contributed by atoms with Gasteiger partial charge in [0.25, 0.3) is 0 Å². The highest BCUT2D eigenvalue weighted by Gasteiger charge is 2.43. The molecule has 3 nitrogen and oxygen atoms in total.